The normalized spacial score (nSPS) is 10.3. The van der Waals surface area contributed by atoms with E-state index < -0.39 is 5.97 Å². The second-order valence-electron chi connectivity index (χ2n) is 4.85. The highest BCUT2D eigenvalue weighted by Gasteiger charge is 2.15. The van der Waals surface area contributed by atoms with Crippen LogP contribution >= 0.6 is 23.4 Å². The van der Waals surface area contributed by atoms with Gasteiger partial charge in [-0.05, 0) is 24.3 Å². The molecule has 0 unspecified atom stereocenters. The summed E-state index contributed by atoms with van der Waals surface area (Å²) in [5, 5.41) is 12.0. The van der Waals surface area contributed by atoms with Crippen LogP contribution < -0.4 is 5.32 Å². The lowest BCUT2D eigenvalue weighted by Crippen LogP contribution is -2.31. The number of nitrogens with zero attached hydrogens (tertiary/aromatic N) is 3. The first kappa shape index (κ1) is 19.0. The van der Waals surface area contributed by atoms with Gasteiger partial charge >= 0.3 is 5.97 Å². The van der Waals surface area contributed by atoms with Crippen molar-refractivity contribution in [2.45, 2.75) is 11.7 Å². The van der Waals surface area contributed by atoms with E-state index in [4.69, 9.17) is 11.6 Å². The van der Waals surface area contributed by atoms with Crippen molar-refractivity contribution in [3.8, 4) is 11.4 Å². The first-order valence-electron chi connectivity index (χ1n) is 7.31. The van der Waals surface area contributed by atoms with Gasteiger partial charge in [0.15, 0.2) is 11.0 Å². The maximum atomic E-state index is 11.8. The van der Waals surface area contributed by atoms with Gasteiger partial charge in [-0.2, -0.15) is 0 Å². The average Bonchev–Trinajstić information content (AvgIpc) is 3.01. The summed E-state index contributed by atoms with van der Waals surface area (Å²) in [6, 6.07) is 7.25. The molecule has 1 N–H and O–H groups in total. The molecule has 7 nitrogen and oxygen atoms in total. The predicted molar refractivity (Wildman–Crippen MR) is 96.4 cm³/mol. The maximum absolute atomic E-state index is 11.8. The first-order chi connectivity index (χ1) is 12.0. The summed E-state index contributed by atoms with van der Waals surface area (Å²) >= 11 is 7.14. The molecule has 1 heterocycles. The topological polar surface area (TPSA) is 86.1 Å². The average molecular weight is 381 g/mol. The van der Waals surface area contributed by atoms with E-state index in [2.05, 4.69) is 26.8 Å². The standard InChI is InChI=1S/C16H17ClN4O3S/c1-3-8-21-15(11-4-6-12(17)7-5-11)19-20-16(21)25-10-13(22)18-9-14(23)24-2/h3-7H,1,8-10H2,2H3,(H,18,22). The molecule has 9 heteroatoms. The van der Waals surface area contributed by atoms with E-state index in [1.807, 2.05) is 16.7 Å². The van der Waals surface area contributed by atoms with Crippen LogP contribution in [0, 0.1) is 0 Å². The Morgan fingerprint density at radius 2 is 2.08 bits per heavy atom. The number of thioether (sulfide) groups is 1. The number of hydrogen-bond acceptors (Lipinski definition) is 6. The third-order valence-electron chi connectivity index (χ3n) is 3.12. The van der Waals surface area contributed by atoms with Gasteiger partial charge < -0.3 is 10.1 Å². The fourth-order valence-electron chi connectivity index (χ4n) is 1.93. The Kier molecular flexibility index (Phi) is 7.03. The van der Waals surface area contributed by atoms with Crippen molar-refractivity contribution in [2.24, 2.45) is 0 Å². The van der Waals surface area contributed by atoms with Crippen molar-refractivity contribution in [3.63, 3.8) is 0 Å². The minimum absolute atomic E-state index is 0.104. The molecule has 0 aliphatic carbocycles. The quantitative estimate of drug-likeness (QED) is 0.429. The lowest BCUT2D eigenvalue weighted by atomic mass is 10.2. The number of ether oxygens (including phenoxy) is 1. The number of amides is 1. The van der Waals surface area contributed by atoms with Gasteiger partial charge in [-0.1, -0.05) is 29.4 Å². The Labute approximate surface area is 154 Å². The van der Waals surface area contributed by atoms with E-state index in [-0.39, 0.29) is 18.2 Å². The summed E-state index contributed by atoms with van der Waals surface area (Å²) in [5.74, 6) is -0.0313. The maximum Gasteiger partial charge on any atom is 0.325 e. The van der Waals surface area contributed by atoms with Crippen molar-refractivity contribution in [1.82, 2.24) is 20.1 Å². The van der Waals surface area contributed by atoms with Gasteiger partial charge in [0.05, 0.1) is 12.9 Å². The van der Waals surface area contributed by atoms with Gasteiger partial charge in [-0.3, -0.25) is 14.2 Å². The predicted octanol–water partition coefficient (Wildman–Crippen LogP) is 2.17. The van der Waals surface area contributed by atoms with Crippen LogP contribution in [0.1, 0.15) is 0 Å². The van der Waals surface area contributed by atoms with Crippen LogP contribution in [-0.2, 0) is 20.9 Å². The zero-order valence-corrected chi connectivity index (χ0v) is 15.1. The third-order valence-corrected chi connectivity index (χ3v) is 4.34. The first-order valence-corrected chi connectivity index (χ1v) is 8.68. The Morgan fingerprint density at radius 1 is 1.36 bits per heavy atom. The van der Waals surface area contributed by atoms with Crippen molar-refractivity contribution < 1.29 is 14.3 Å². The molecule has 0 fully saturated rings. The van der Waals surface area contributed by atoms with Crippen molar-refractivity contribution >= 4 is 35.2 Å². The molecule has 132 valence electrons. The van der Waals surface area contributed by atoms with Crippen LogP contribution in [0.4, 0.5) is 0 Å². The summed E-state index contributed by atoms with van der Waals surface area (Å²) in [4.78, 5) is 22.8. The van der Waals surface area contributed by atoms with Gasteiger partial charge in [-0.25, -0.2) is 0 Å². The molecular weight excluding hydrogens is 364 g/mol. The summed E-state index contributed by atoms with van der Waals surface area (Å²) in [7, 11) is 1.26. The molecule has 0 bridgehead atoms. The second-order valence-corrected chi connectivity index (χ2v) is 6.23. The fraction of sp³-hybridized carbons (Fsp3) is 0.250. The number of methoxy groups -OCH3 is 1. The number of halogens is 1. The van der Waals surface area contributed by atoms with Gasteiger partial charge in [0.1, 0.15) is 6.54 Å². The highest BCUT2D eigenvalue weighted by molar-refractivity contribution is 7.99. The lowest BCUT2D eigenvalue weighted by molar-refractivity contribution is -0.140. The Balaban J connectivity index is 2.08. The van der Waals surface area contributed by atoms with E-state index in [0.29, 0.717) is 22.5 Å². The monoisotopic (exact) mass is 380 g/mol. The molecule has 2 aromatic rings. The number of hydrogen-bond donors (Lipinski definition) is 1. The SMILES string of the molecule is C=CCn1c(SCC(=O)NCC(=O)OC)nnc1-c1ccc(Cl)cc1. The smallest absolute Gasteiger partial charge is 0.325 e. The summed E-state index contributed by atoms with van der Waals surface area (Å²) in [6.45, 7) is 4.08. The molecule has 1 aromatic heterocycles. The van der Waals surface area contributed by atoms with Gasteiger partial charge in [-0.15, -0.1) is 16.8 Å². The van der Waals surface area contributed by atoms with Gasteiger partial charge in [0.2, 0.25) is 5.91 Å². The molecule has 2 rings (SSSR count). The molecule has 0 radical (unpaired) electrons. The number of nitrogens with one attached hydrogen (secondary N) is 1. The number of carbonyl (C=O) groups excluding carboxylic acids is 2. The van der Waals surface area contributed by atoms with E-state index in [1.165, 1.54) is 18.9 Å². The third kappa shape index (κ3) is 5.33. The molecule has 1 aromatic carbocycles. The van der Waals surface area contributed by atoms with Gasteiger partial charge in [0, 0.05) is 17.1 Å². The number of allylic oxidation sites excluding steroid dienone is 1. The molecule has 0 saturated heterocycles. The number of rotatable bonds is 8. The van der Waals surface area contributed by atoms with Crippen LogP contribution in [0.5, 0.6) is 0 Å². The zero-order chi connectivity index (χ0) is 18.2. The highest BCUT2D eigenvalue weighted by atomic mass is 35.5. The summed E-state index contributed by atoms with van der Waals surface area (Å²) < 4.78 is 6.32. The molecule has 1 amide bonds. The Bertz CT molecular complexity index is 761. The van der Waals surface area contributed by atoms with Crippen LogP contribution in [0.15, 0.2) is 42.1 Å². The molecule has 0 aliphatic heterocycles. The Morgan fingerprint density at radius 3 is 2.72 bits per heavy atom. The van der Waals surface area contributed by atoms with E-state index in [9.17, 15) is 9.59 Å². The largest absolute Gasteiger partial charge is 0.468 e. The molecule has 0 atom stereocenters. The number of carbonyl (C=O) groups is 2. The number of aromatic nitrogens is 3. The van der Waals surface area contributed by atoms with Crippen molar-refractivity contribution in [3.05, 3.63) is 41.9 Å². The van der Waals surface area contributed by atoms with E-state index in [0.717, 1.165) is 5.56 Å². The number of benzene rings is 1. The lowest BCUT2D eigenvalue weighted by Gasteiger charge is -2.08. The molecule has 0 spiro atoms. The fourth-order valence-corrected chi connectivity index (χ4v) is 2.83. The van der Waals surface area contributed by atoms with Crippen LogP contribution in [0.2, 0.25) is 5.02 Å². The molecule has 0 saturated carbocycles. The van der Waals surface area contributed by atoms with Crippen LogP contribution in [0.25, 0.3) is 11.4 Å². The minimum Gasteiger partial charge on any atom is -0.468 e. The molecule has 25 heavy (non-hydrogen) atoms. The highest BCUT2D eigenvalue weighted by Crippen LogP contribution is 2.25. The van der Waals surface area contributed by atoms with Gasteiger partial charge in [0.25, 0.3) is 0 Å². The van der Waals surface area contributed by atoms with Crippen LogP contribution in [-0.4, -0.2) is 46.0 Å². The summed E-state index contributed by atoms with van der Waals surface area (Å²) in [5.41, 5.74) is 0.862. The zero-order valence-electron chi connectivity index (χ0n) is 13.6. The van der Waals surface area contributed by atoms with E-state index in [1.54, 1.807) is 18.2 Å². The number of esters is 1. The van der Waals surface area contributed by atoms with Crippen molar-refractivity contribution in [1.29, 1.82) is 0 Å². The van der Waals surface area contributed by atoms with Crippen molar-refractivity contribution in [2.75, 3.05) is 19.4 Å². The summed E-state index contributed by atoms with van der Waals surface area (Å²) in [6.07, 6.45) is 1.73. The second kappa shape index (κ2) is 9.24. The Hall–Kier alpha value is -2.32. The van der Waals surface area contributed by atoms with E-state index >= 15 is 0 Å². The van der Waals surface area contributed by atoms with Crippen LogP contribution in [0.3, 0.4) is 0 Å². The molecular formula is C16H17ClN4O3S. The minimum atomic E-state index is -0.502. The molecule has 0 aliphatic rings.